The van der Waals surface area contributed by atoms with Crippen molar-refractivity contribution in [3.05, 3.63) is 70.8 Å². The van der Waals surface area contributed by atoms with E-state index in [1.54, 1.807) is 0 Å². The third kappa shape index (κ3) is 6.54. The van der Waals surface area contributed by atoms with Gasteiger partial charge in [0.1, 0.15) is 0 Å². The summed E-state index contributed by atoms with van der Waals surface area (Å²) in [4.78, 5) is 32.6. The van der Waals surface area contributed by atoms with Crippen molar-refractivity contribution in [1.29, 1.82) is 0 Å². The van der Waals surface area contributed by atoms with E-state index in [4.69, 9.17) is 0 Å². The van der Waals surface area contributed by atoms with Gasteiger partial charge in [0, 0.05) is 44.7 Å². The molecule has 2 amide bonds. The Kier molecular flexibility index (Phi) is 8.81. The minimum absolute atomic E-state index is 0.0283. The minimum atomic E-state index is 0.0283. The normalized spacial score (nSPS) is 20.5. The van der Waals surface area contributed by atoms with Crippen LogP contribution >= 0.6 is 0 Å². The molecule has 0 bridgehead atoms. The van der Waals surface area contributed by atoms with Crippen LogP contribution in [-0.4, -0.2) is 79.9 Å². The van der Waals surface area contributed by atoms with E-state index >= 15 is 0 Å². The molecular formula is C30H42N4O2. The molecule has 2 aromatic rings. The fourth-order valence-corrected chi connectivity index (χ4v) is 5.89. The van der Waals surface area contributed by atoms with Gasteiger partial charge in [-0.05, 0) is 75.9 Å². The van der Waals surface area contributed by atoms with Crippen LogP contribution in [0.5, 0.6) is 0 Å². The summed E-state index contributed by atoms with van der Waals surface area (Å²) in [5, 5.41) is 3.30. The fraction of sp³-hybridized carbons (Fsp3) is 0.533. The molecule has 194 valence electrons. The summed E-state index contributed by atoms with van der Waals surface area (Å²) in [6, 6.07) is 16.4. The van der Waals surface area contributed by atoms with Gasteiger partial charge in [0.2, 0.25) is 5.91 Å². The Bertz CT molecular complexity index is 1000. The second-order valence-electron chi connectivity index (χ2n) is 11.0. The highest BCUT2D eigenvalue weighted by Gasteiger charge is 2.42. The molecule has 2 aliphatic heterocycles. The lowest BCUT2D eigenvalue weighted by Gasteiger charge is -2.25. The SMILES string of the molecule is Cc1cccc(C)c1C(=O)N1CC2CN(CCC(NC(=O)CCCN(C)C)c3ccccc3)C[C@H]2C1. The van der Waals surface area contributed by atoms with Crippen LogP contribution in [0.25, 0.3) is 0 Å². The Morgan fingerprint density at radius 1 is 0.944 bits per heavy atom. The van der Waals surface area contributed by atoms with Crippen molar-refractivity contribution in [1.82, 2.24) is 20.0 Å². The molecule has 2 unspecified atom stereocenters. The molecule has 1 N–H and O–H groups in total. The lowest BCUT2D eigenvalue weighted by atomic mass is 10.0. The highest BCUT2D eigenvalue weighted by atomic mass is 16.2. The Balaban J connectivity index is 1.30. The summed E-state index contributed by atoms with van der Waals surface area (Å²) in [5.41, 5.74) is 4.17. The van der Waals surface area contributed by atoms with Gasteiger partial charge in [0.15, 0.2) is 0 Å². The zero-order valence-corrected chi connectivity index (χ0v) is 22.4. The Hall–Kier alpha value is -2.70. The maximum atomic E-state index is 13.3. The van der Waals surface area contributed by atoms with Gasteiger partial charge in [-0.25, -0.2) is 0 Å². The molecule has 6 nitrogen and oxygen atoms in total. The zero-order valence-electron chi connectivity index (χ0n) is 22.4. The van der Waals surface area contributed by atoms with Gasteiger partial charge in [-0.2, -0.15) is 0 Å². The van der Waals surface area contributed by atoms with E-state index in [-0.39, 0.29) is 17.9 Å². The van der Waals surface area contributed by atoms with Crippen LogP contribution in [0.1, 0.15) is 52.4 Å². The maximum Gasteiger partial charge on any atom is 0.254 e. The van der Waals surface area contributed by atoms with Crippen LogP contribution in [-0.2, 0) is 4.79 Å². The number of likely N-dealkylation sites (tertiary alicyclic amines) is 2. The third-order valence-electron chi connectivity index (χ3n) is 7.82. The van der Waals surface area contributed by atoms with Gasteiger partial charge in [-0.1, -0.05) is 48.5 Å². The van der Waals surface area contributed by atoms with Crippen molar-refractivity contribution in [2.24, 2.45) is 11.8 Å². The molecule has 4 rings (SSSR count). The summed E-state index contributed by atoms with van der Waals surface area (Å²) in [5.74, 6) is 1.39. The largest absolute Gasteiger partial charge is 0.349 e. The molecule has 0 aliphatic carbocycles. The van der Waals surface area contributed by atoms with E-state index in [1.807, 2.05) is 64.3 Å². The molecule has 2 aromatic carbocycles. The first-order chi connectivity index (χ1) is 17.3. The molecule has 2 fully saturated rings. The first-order valence-electron chi connectivity index (χ1n) is 13.4. The summed E-state index contributed by atoms with van der Waals surface area (Å²) < 4.78 is 0. The molecule has 3 atom stereocenters. The maximum absolute atomic E-state index is 13.3. The predicted molar refractivity (Wildman–Crippen MR) is 145 cm³/mol. The molecule has 0 spiro atoms. The van der Waals surface area contributed by atoms with E-state index in [9.17, 15) is 9.59 Å². The van der Waals surface area contributed by atoms with E-state index in [0.29, 0.717) is 18.3 Å². The summed E-state index contributed by atoms with van der Waals surface area (Å²) in [6.07, 6.45) is 2.32. The number of carbonyl (C=O) groups excluding carboxylic acids is 2. The number of rotatable bonds is 10. The summed E-state index contributed by atoms with van der Waals surface area (Å²) in [7, 11) is 4.07. The topological polar surface area (TPSA) is 55.9 Å². The summed E-state index contributed by atoms with van der Waals surface area (Å²) >= 11 is 0. The number of fused-ring (bicyclic) bond motifs is 1. The van der Waals surface area contributed by atoms with Gasteiger partial charge in [0.05, 0.1) is 6.04 Å². The lowest BCUT2D eigenvalue weighted by molar-refractivity contribution is -0.122. The third-order valence-corrected chi connectivity index (χ3v) is 7.82. The van der Waals surface area contributed by atoms with E-state index in [0.717, 1.165) is 68.8 Å². The van der Waals surface area contributed by atoms with Gasteiger partial charge in [-0.15, -0.1) is 0 Å². The average Bonchev–Trinajstić information content (AvgIpc) is 3.41. The van der Waals surface area contributed by atoms with Crippen molar-refractivity contribution >= 4 is 11.8 Å². The van der Waals surface area contributed by atoms with E-state index < -0.39 is 0 Å². The number of benzene rings is 2. The number of aryl methyl sites for hydroxylation is 2. The van der Waals surface area contributed by atoms with Crippen molar-refractivity contribution in [2.45, 2.75) is 39.2 Å². The van der Waals surface area contributed by atoms with Gasteiger partial charge >= 0.3 is 0 Å². The first-order valence-corrected chi connectivity index (χ1v) is 13.4. The standard InChI is InChI=1S/C30H42N4O2/c1-22-10-8-11-23(2)29(22)30(36)34-20-25-18-33(19-26(25)21-34)17-15-27(24-12-6-5-7-13-24)31-28(35)14-9-16-32(3)4/h5-8,10-13,25-27H,9,14-21H2,1-4H3,(H,31,35)/t25-,26?,27?/m0/s1. The lowest BCUT2D eigenvalue weighted by Crippen LogP contribution is -2.35. The van der Waals surface area contributed by atoms with Gasteiger partial charge in [-0.3, -0.25) is 9.59 Å². The number of hydrogen-bond donors (Lipinski definition) is 1. The molecular weight excluding hydrogens is 448 g/mol. The van der Waals surface area contributed by atoms with Crippen LogP contribution in [0.4, 0.5) is 0 Å². The van der Waals surface area contributed by atoms with Crippen molar-refractivity contribution in [3.63, 3.8) is 0 Å². The van der Waals surface area contributed by atoms with Crippen LogP contribution < -0.4 is 5.32 Å². The highest BCUT2D eigenvalue weighted by Crippen LogP contribution is 2.33. The number of amides is 2. The Labute approximate surface area is 216 Å². The van der Waals surface area contributed by atoms with Crippen LogP contribution in [0.15, 0.2) is 48.5 Å². The first kappa shape index (κ1) is 26.4. The highest BCUT2D eigenvalue weighted by molar-refractivity contribution is 5.97. The zero-order chi connectivity index (χ0) is 25.7. The Morgan fingerprint density at radius 3 is 2.19 bits per heavy atom. The van der Waals surface area contributed by atoms with Gasteiger partial charge < -0.3 is 20.0 Å². The molecule has 2 aliphatic rings. The monoisotopic (exact) mass is 490 g/mol. The van der Waals surface area contributed by atoms with Crippen LogP contribution in [0.3, 0.4) is 0 Å². The smallest absolute Gasteiger partial charge is 0.254 e. The van der Waals surface area contributed by atoms with Crippen LogP contribution in [0, 0.1) is 25.7 Å². The molecule has 0 aromatic heterocycles. The molecule has 6 heteroatoms. The van der Waals surface area contributed by atoms with Crippen molar-refractivity contribution in [3.8, 4) is 0 Å². The second kappa shape index (κ2) is 12.0. The summed E-state index contributed by atoms with van der Waals surface area (Å²) in [6.45, 7) is 9.68. The number of carbonyl (C=O) groups is 2. The molecule has 0 radical (unpaired) electrons. The second-order valence-corrected chi connectivity index (χ2v) is 11.0. The molecule has 2 saturated heterocycles. The van der Waals surface area contributed by atoms with Gasteiger partial charge in [0.25, 0.3) is 5.91 Å². The molecule has 2 heterocycles. The fourth-order valence-electron chi connectivity index (χ4n) is 5.89. The van der Waals surface area contributed by atoms with Crippen LogP contribution in [0.2, 0.25) is 0 Å². The van der Waals surface area contributed by atoms with E-state index in [1.165, 1.54) is 5.56 Å². The molecule has 0 saturated carbocycles. The number of nitrogens with one attached hydrogen (secondary N) is 1. The minimum Gasteiger partial charge on any atom is -0.349 e. The quantitative estimate of drug-likeness (QED) is 0.549. The average molecular weight is 491 g/mol. The number of hydrogen-bond acceptors (Lipinski definition) is 4. The van der Waals surface area contributed by atoms with Crippen molar-refractivity contribution < 1.29 is 9.59 Å². The van der Waals surface area contributed by atoms with E-state index in [2.05, 4.69) is 32.1 Å². The Morgan fingerprint density at radius 2 is 1.58 bits per heavy atom. The van der Waals surface area contributed by atoms with Crippen molar-refractivity contribution in [2.75, 3.05) is 53.4 Å². The number of nitrogens with zero attached hydrogens (tertiary/aromatic N) is 3. The molecule has 36 heavy (non-hydrogen) atoms. The predicted octanol–water partition coefficient (Wildman–Crippen LogP) is 3.90.